The second-order valence-electron chi connectivity index (χ2n) is 5.30. The van der Waals surface area contributed by atoms with Crippen LogP contribution >= 0.6 is 0 Å². The summed E-state index contributed by atoms with van der Waals surface area (Å²) in [6.07, 6.45) is 5.08. The van der Waals surface area contributed by atoms with E-state index in [0.29, 0.717) is 0 Å². The molecule has 0 saturated heterocycles. The molecule has 1 amide bonds. The summed E-state index contributed by atoms with van der Waals surface area (Å²) in [6, 6.07) is 0.227. The Balaban J connectivity index is 2.13. The highest BCUT2D eigenvalue weighted by Crippen LogP contribution is 2.22. The van der Waals surface area contributed by atoms with Crippen molar-refractivity contribution in [3.05, 3.63) is 0 Å². The van der Waals surface area contributed by atoms with E-state index in [4.69, 9.17) is 5.73 Å². The minimum atomic E-state index is 0.155. The molecule has 1 rings (SSSR count). The summed E-state index contributed by atoms with van der Waals surface area (Å²) in [5.74, 6) is 0.368. The molecule has 0 bridgehead atoms. The summed E-state index contributed by atoms with van der Waals surface area (Å²) in [7, 11) is 0. The number of hydrogen-bond donors (Lipinski definition) is 2. The van der Waals surface area contributed by atoms with E-state index in [-0.39, 0.29) is 17.9 Å². The Bertz CT molecular complexity index is 241. The first-order chi connectivity index (χ1) is 8.67. The van der Waals surface area contributed by atoms with Gasteiger partial charge >= 0.3 is 0 Å². The lowest BCUT2D eigenvalue weighted by Gasteiger charge is -2.25. The molecule has 4 nitrogen and oxygen atoms in total. The van der Waals surface area contributed by atoms with Crippen molar-refractivity contribution in [2.75, 3.05) is 26.2 Å². The van der Waals surface area contributed by atoms with Crippen LogP contribution in [0.2, 0.25) is 0 Å². The van der Waals surface area contributed by atoms with E-state index in [1.165, 1.54) is 0 Å². The fourth-order valence-corrected chi connectivity index (χ4v) is 2.66. The van der Waals surface area contributed by atoms with Crippen LogP contribution in [-0.4, -0.2) is 43.0 Å². The number of carbonyl (C=O) groups is 1. The average molecular weight is 255 g/mol. The molecule has 0 aromatic heterocycles. The molecule has 2 unspecified atom stereocenters. The first-order valence-corrected chi connectivity index (χ1v) is 7.43. The van der Waals surface area contributed by atoms with Crippen LogP contribution in [0.25, 0.3) is 0 Å². The van der Waals surface area contributed by atoms with Crippen LogP contribution in [0.4, 0.5) is 0 Å². The highest BCUT2D eigenvalue weighted by Gasteiger charge is 2.24. The van der Waals surface area contributed by atoms with Crippen LogP contribution < -0.4 is 11.1 Å². The predicted octanol–water partition coefficient (Wildman–Crippen LogP) is 1.35. The van der Waals surface area contributed by atoms with Crippen LogP contribution in [0.15, 0.2) is 0 Å². The molecule has 4 heteroatoms. The smallest absolute Gasteiger partial charge is 0.223 e. The number of nitrogens with zero attached hydrogens (tertiary/aromatic N) is 1. The van der Waals surface area contributed by atoms with Crippen molar-refractivity contribution < 1.29 is 4.79 Å². The van der Waals surface area contributed by atoms with Crippen molar-refractivity contribution >= 4 is 5.91 Å². The Morgan fingerprint density at radius 2 is 2.06 bits per heavy atom. The van der Waals surface area contributed by atoms with Gasteiger partial charge in [0.1, 0.15) is 0 Å². The molecule has 0 aromatic rings. The van der Waals surface area contributed by atoms with Gasteiger partial charge in [0.05, 0.1) is 0 Å². The number of rotatable bonds is 7. The summed E-state index contributed by atoms with van der Waals surface area (Å²) in [4.78, 5) is 14.3. The fourth-order valence-electron chi connectivity index (χ4n) is 2.66. The lowest BCUT2D eigenvalue weighted by atomic mass is 9.85. The van der Waals surface area contributed by atoms with Gasteiger partial charge in [-0.15, -0.1) is 0 Å². The Hall–Kier alpha value is -0.610. The van der Waals surface area contributed by atoms with E-state index in [0.717, 1.165) is 58.3 Å². The minimum Gasteiger partial charge on any atom is -0.356 e. The van der Waals surface area contributed by atoms with Crippen LogP contribution in [0.3, 0.4) is 0 Å². The Kier molecular flexibility index (Phi) is 7.28. The third kappa shape index (κ3) is 5.36. The first-order valence-electron chi connectivity index (χ1n) is 7.43. The average Bonchev–Trinajstić information content (AvgIpc) is 2.38. The molecule has 1 saturated carbocycles. The van der Waals surface area contributed by atoms with Gasteiger partial charge < -0.3 is 16.0 Å². The summed E-state index contributed by atoms with van der Waals surface area (Å²) in [5, 5.41) is 3.06. The van der Waals surface area contributed by atoms with Crippen LogP contribution in [0, 0.1) is 5.92 Å². The molecule has 1 fully saturated rings. The topological polar surface area (TPSA) is 58.4 Å². The number of carbonyl (C=O) groups excluding carboxylic acids is 1. The largest absolute Gasteiger partial charge is 0.356 e. The maximum absolute atomic E-state index is 11.9. The molecule has 0 spiro atoms. The first kappa shape index (κ1) is 15.4. The molecular weight excluding hydrogens is 226 g/mol. The van der Waals surface area contributed by atoms with Crippen molar-refractivity contribution in [1.29, 1.82) is 0 Å². The van der Waals surface area contributed by atoms with Gasteiger partial charge in [-0.3, -0.25) is 4.79 Å². The van der Waals surface area contributed by atoms with Crippen LogP contribution in [-0.2, 0) is 4.79 Å². The van der Waals surface area contributed by atoms with Crippen LogP contribution in [0.1, 0.15) is 46.0 Å². The molecule has 18 heavy (non-hydrogen) atoms. The van der Waals surface area contributed by atoms with Crippen molar-refractivity contribution in [3.63, 3.8) is 0 Å². The molecule has 0 aromatic carbocycles. The Morgan fingerprint density at radius 3 is 2.67 bits per heavy atom. The van der Waals surface area contributed by atoms with E-state index in [9.17, 15) is 4.79 Å². The maximum Gasteiger partial charge on any atom is 0.223 e. The van der Waals surface area contributed by atoms with Gasteiger partial charge in [-0.05, 0) is 45.3 Å². The van der Waals surface area contributed by atoms with Crippen LogP contribution in [0.5, 0.6) is 0 Å². The Labute approximate surface area is 111 Å². The number of nitrogens with one attached hydrogen (secondary N) is 1. The second-order valence-corrected chi connectivity index (χ2v) is 5.30. The van der Waals surface area contributed by atoms with E-state index in [2.05, 4.69) is 24.1 Å². The molecule has 1 aliphatic carbocycles. The Morgan fingerprint density at radius 1 is 1.33 bits per heavy atom. The van der Waals surface area contributed by atoms with Gasteiger partial charge in [0, 0.05) is 18.5 Å². The van der Waals surface area contributed by atoms with Gasteiger partial charge in [-0.25, -0.2) is 0 Å². The molecule has 1 aliphatic rings. The summed E-state index contributed by atoms with van der Waals surface area (Å²) >= 11 is 0. The van der Waals surface area contributed by atoms with E-state index in [1.807, 2.05) is 0 Å². The highest BCUT2D eigenvalue weighted by molar-refractivity contribution is 5.78. The van der Waals surface area contributed by atoms with Gasteiger partial charge in [0.2, 0.25) is 5.91 Å². The monoisotopic (exact) mass is 255 g/mol. The predicted molar refractivity (Wildman–Crippen MR) is 75.3 cm³/mol. The zero-order valence-electron chi connectivity index (χ0n) is 12.0. The highest BCUT2D eigenvalue weighted by atomic mass is 16.1. The normalized spacial score (nSPS) is 24.2. The molecule has 0 aliphatic heterocycles. The second kappa shape index (κ2) is 8.48. The zero-order chi connectivity index (χ0) is 13.4. The van der Waals surface area contributed by atoms with E-state index >= 15 is 0 Å². The van der Waals surface area contributed by atoms with Crippen molar-refractivity contribution in [1.82, 2.24) is 10.2 Å². The summed E-state index contributed by atoms with van der Waals surface area (Å²) in [5.41, 5.74) is 5.91. The maximum atomic E-state index is 11.9. The zero-order valence-corrected chi connectivity index (χ0v) is 12.0. The molecule has 0 heterocycles. The van der Waals surface area contributed by atoms with Crippen molar-refractivity contribution in [2.24, 2.45) is 11.7 Å². The number of amides is 1. The number of hydrogen-bond acceptors (Lipinski definition) is 3. The number of nitrogens with two attached hydrogens (primary N) is 1. The molecule has 3 N–H and O–H groups in total. The fraction of sp³-hybridized carbons (Fsp3) is 0.929. The molecule has 0 radical (unpaired) electrons. The van der Waals surface area contributed by atoms with Gasteiger partial charge in [0.25, 0.3) is 0 Å². The van der Waals surface area contributed by atoms with E-state index < -0.39 is 0 Å². The lowest BCUT2D eigenvalue weighted by Crippen LogP contribution is -2.38. The van der Waals surface area contributed by atoms with Crippen molar-refractivity contribution in [2.45, 2.75) is 52.0 Å². The van der Waals surface area contributed by atoms with Gasteiger partial charge in [-0.1, -0.05) is 20.3 Å². The third-order valence-electron chi connectivity index (χ3n) is 3.93. The van der Waals surface area contributed by atoms with Crippen molar-refractivity contribution in [3.8, 4) is 0 Å². The summed E-state index contributed by atoms with van der Waals surface area (Å²) in [6.45, 7) is 8.37. The van der Waals surface area contributed by atoms with Gasteiger partial charge in [0.15, 0.2) is 0 Å². The SMILES string of the molecule is CCN(CC)CCCNC(=O)C1CCCC(N)C1. The molecule has 106 valence electrons. The lowest BCUT2D eigenvalue weighted by molar-refractivity contribution is -0.126. The molecule has 2 atom stereocenters. The quantitative estimate of drug-likeness (QED) is 0.675. The standard InChI is InChI=1S/C14H29N3O/c1-3-17(4-2)10-6-9-16-14(18)12-7-5-8-13(15)11-12/h12-13H,3-11,15H2,1-2H3,(H,16,18). The van der Waals surface area contributed by atoms with Gasteiger partial charge in [-0.2, -0.15) is 0 Å². The third-order valence-corrected chi connectivity index (χ3v) is 3.93. The summed E-state index contributed by atoms with van der Waals surface area (Å²) < 4.78 is 0. The van der Waals surface area contributed by atoms with E-state index in [1.54, 1.807) is 0 Å². The molecular formula is C14H29N3O. The minimum absolute atomic E-state index is 0.155.